The molecule has 34 heavy (non-hydrogen) atoms. The molecule has 0 aliphatic carbocycles. The number of anilines is 1. The Morgan fingerprint density at radius 2 is 1.21 bits per heavy atom. The van der Waals surface area contributed by atoms with Gasteiger partial charge in [-0.2, -0.15) is 0 Å². The summed E-state index contributed by atoms with van der Waals surface area (Å²) in [4.78, 5) is 15.2. The van der Waals surface area contributed by atoms with Crippen LogP contribution in [0.15, 0.2) is 127 Å². The van der Waals surface area contributed by atoms with Crippen molar-refractivity contribution in [1.82, 2.24) is 0 Å². The Hall–Kier alpha value is -4.57. The first-order chi connectivity index (χ1) is 16.6. The minimum atomic E-state index is -1.52. The molecule has 4 nitrogen and oxygen atoms in total. The molecule has 0 fully saturated rings. The van der Waals surface area contributed by atoms with E-state index in [1.807, 2.05) is 108 Å². The van der Waals surface area contributed by atoms with Crippen molar-refractivity contribution >= 4 is 22.9 Å². The fourth-order valence-electron chi connectivity index (χ4n) is 4.48. The summed E-state index contributed by atoms with van der Waals surface area (Å²) in [5.74, 6) is -0.881. The third-order valence-corrected chi connectivity index (χ3v) is 6.07. The van der Waals surface area contributed by atoms with Crippen molar-refractivity contribution in [1.29, 1.82) is 0 Å². The maximum Gasteiger partial charge on any atom is 0.338 e. The molecule has 4 aromatic carbocycles. The molecule has 0 saturated carbocycles. The minimum absolute atomic E-state index is 0.118. The number of hydrogen-bond acceptors (Lipinski definition) is 3. The third kappa shape index (κ3) is 3.65. The summed E-state index contributed by atoms with van der Waals surface area (Å²) >= 11 is 0. The first kappa shape index (κ1) is 21.3. The van der Waals surface area contributed by atoms with Gasteiger partial charge in [-0.15, -0.1) is 0 Å². The van der Waals surface area contributed by atoms with Crippen LogP contribution in [0.2, 0.25) is 0 Å². The Morgan fingerprint density at radius 1 is 0.676 bits per heavy atom. The van der Waals surface area contributed by atoms with E-state index < -0.39 is 11.5 Å². The fraction of sp³-hybridized carbons (Fsp3) is 0.0333. The predicted molar refractivity (Wildman–Crippen MR) is 135 cm³/mol. The number of carboxylic acid groups (broad SMARTS) is 1. The van der Waals surface area contributed by atoms with Crippen LogP contribution in [0.25, 0.3) is 11.3 Å². The van der Waals surface area contributed by atoms with Crippen LogP contribution in [0.1, 0.15) is 16.7 Å². The number of phenolic OH excluding ortho intramolecular Hbond substituents is 1. The highest BCUT2D eigenvalue weighted by molar-refractivity contribution is 6.03. The molecule has 4 heteroatoms. The van der Waals surface area contributed by atoms with E-state index in [1.54, 1.807) is 24.3 Å². The topological polar surface area (TPSA) is 60.8 Å². The fourth-order valence-corrected chi connectivity index (χ4v) is 4.48. The molecule has 1 heterocycles. The van der Waals surface area contributed by atoms with E-state index >= 15 is 0 Å². The van der Waals surface area contributed by atoms with Gasteiger partial charge in [0.25, 0.3) is 0 Å². The first-order valence-corrected chi connectivity index (χ1v) is 11.0. The van der Waals surface area contributed by atoms with E-state index in [4.69, 9.17) is 0 Å². The van der Waals surface area contributed by atoms with E-state index in [1.165, 1.54) is 0 Å². The van der Waals surface area contributed by atoms with Crippen LogP contribution < -0.4 is 4.90 Å². The maximum absolute atomic E-state index is 13.3. The molecular formula is C30H23NO3. The standard InChI is InChI=1S/C30H23NO3/c32-27-18-16-26(17-19-27)31-28(23-12-6-2-7-13-23)20-24(22-10-4-1-5-11-22)21-30(31,29(33)34)25-14-8-3-9-15-25/h1-21,32H,(H,33,34). The summed E-state index contributed by atoms with van der Waals surface area (Å²) in [6.45, 7) is 0. The molecule has 0 aromatic heterocycles. The first-order valence-electron chi connectivity index (χ1n) is 11.0. The number of aromatic hydroxyl groups is 1. The van der Waals surface area contributed by atoms with E-state index in [2.05, 4.69) is 0 Å². The van der Waals surface area contributed by atoms with Crippen molar-refractivity contribution < 1.29 is 15.0 Å². The Kier molecular flexibility index (Phi) is 5.48. The molecule has 0 radical (unpaired) electrons. The van der Waals surface area contributed by atoms with Gasteiger partial charge < -0.3 is 15.1 Å². The van der Waals surface area contributed by atoms with Gasteiger partial charge in [-0.3, -0.25) is 0 Å². The molecule has 1 atom stereocenters. The second-order valence-corrected chi connectivity index (χ2v) is 8.15. The lowest BCUT2D eigenvalue weighted by molar-refractivity contribution is -0.141. The molecule has 0 bridgehead atoms. The van der Waals surface area contributed by atoms with Crippen molar-refractivity contribution in [2.24, 2.45) is 0 Å². The van der Waals surface area contributed by atoms with Crippen LogP contribution in [0.3, 0.4) is 0 Å². The smallest absolute Gasteiger partial charge is 0.338 e. The number of hydrogen-bond donors (Lipinski definition) is 2. The highest BCUT2D eigenvalue weighted by Crippen LogP contribution is 2.46. The lowest BCUT2D eigenvalue weighted by Crippen LogP contribution is -2.51. The summed E-state index contributed by atoms with van der Waals surface area (Å²) in [5.41, 5.74) is 3.15. The van der Waals surface area contributed by atoms with Crippen LogP contribution in [0.5, 0.6) is 5.75 Å². The zero-order valence-electron chi connectivity index (χ0n) is 18.4. The Bertz CT molecular complexity index is 1360. The van der Waals surface area contributed by atoms with Crippen LogP contribution >= 0.6 is 0 Å². The summed E-state index contributed by atoms with van der Waals surface area (Å²) < 4.78 is 0. The van der Waals surface area contributed by atoms with Gasteiger partial charge >= 0.3 is 5.97 Å². The van der Waals surface area contributed by atoms with E-state index in [9.17, 15) is 15.0 Å². The van der Waals surface area contributed by atoms with Crippen LogP contribution in [0.4, 0.5) is 5.69 Å². The molecule has 1 aliphatic heterocycles. The lowest BCUT2D eigenvalue weighted by atomic mass is 9.80. The average molecular weight is 446 g/mol. The minimum Gasteiger partial charge on any atom is -0.508 e. The summed E-state index contributed by atoms with van der Waals surface area (Å²) in [6, 6.07) is 35.5. The van der Waals surface area contributed by atoms with Crippen LogP contribution in [-0.2, 0) is 10.3 Å². The maximum atomic E-state index is 13.3. The lowest BCUT2D eigenvalue weighted by Gasteiger charge is -2.45. The molecule has 0 spiro atoms. The van der Waals surface area contributed by atoms with Gasteiger partial charge in [0.2, 0.25) is 0 Å². The van der Waals surface area contributed by atoms with Crippen molar-refractivity contribution in [3.8, 4) is 5.75 Å². The molecule has 1 aliphatic rings. The number of carbonyl (C=O) groups is 1. The Morgan fingerprint density at radius 3 is 1.76 bits per heavy atom. The molecule has 1 unspecified atom stereocenters. The highest BCUT2D eigenvalue weighted by atomic mass is 16.4. The van der Waals surface area contributed by atoms with Gasteiger partial charge in [-0.25, -0.2) is 4.79 Å². The average Bonchev–Trinajstić information content (AvgIpc) is 2.90. The van der Waals surface area contributed by atoms with Crippen LogP contribution in [-0.4, -0.2) is 16.2 Å². The second kappa shape index (κ2) is 8.75. The molecule has 0 saturated heterocycles. The predicted octanol–water partition coefficient (Wildman–Crippen LogP) is 6.32. The van der Waals surface area contributed by atoms with Crippen molar-refractivity contribution in [3.63, 3.8) is 0 Å². The Balaban J connectivity index is 1.87. The van der Waals surface area contributed by atoms with Gasteiger partial charge in [-0.05, 0) is 58.7 Å². The van der Waals surface area contributed by atoms with Crippen molar-refractivity contribution in [3.05, 3.63) is 144 Å². The SMILES string of the molecule is O=C(O)C1(c2ccccc2)C=C(c2ccccc2)C=C(c2ccccc2)N1c1ccc(O)cc1. The quantitative estimate of drug-likeness (QED) is 0.378. The largest absolute Gasteiger partial charge is 0.508 e. The van der Waals surface area contributed by atoms with E-state index in [0.29, 0.717) is 11.3 Å². The normalized spacial score (nSPS) is 17.6. The zero-order valence-corrected chi connectivity index (χ0v) is 18.4. The van der Waals surface area contributed by atoms with Gasteiger partial charge in [-0.1, -0.05) is 91.0 Å². The summed E-state index contributed by atoms with van der Waals surface area (Å²) in [6.07, 6.45) is 3.85. The number of aliphatic carboxylic acids is 1. The van der Waals surface area contributed by atoms with Gasteiger partial charge in [0.05, 0.1) is 5.70 Å². The van der Waals surface area contributed by atoms with Crippen LogP contribution in [0, 0.1) is 0 Å². The van der Waals surface area contributed by atoms with E-state index in [-0.39, 0.29) is 5.75 Å². The summed E-state index contributed by atoms with van der Waals surface area (Å²) in [7, 11) is 0. The molecular weight excluding hydrogens is 422 g/mol. The number of allylic oxidation sites excluding steroid dienone is 2. The van der Waals surface area contributed by atoms with Crippen molar-refractivity contribution in [2.45, 2.75) is 5.54 Å². The highest BCUT2D eigenvalue weighted by Gasteiger charge is 2.48. The number of nitrogens with zero attached hydrogens (tertiary/aromatic N) is 1. The van der Waals surface area contributed by atoms with Gasteiger partial charge in [0.15, 0.2) is 5.54 Å². The number of carboxylic acids is 1. The molecule has 166 valence electrons. The number of benzene rings is 4. The van der Waals surface area contributed by atoms with Gasteiger partial charge in [0, 0.05) is 5.69 Å². The Labute approximate surface area is 198 Å². The number of rotatable bonds is 5. The molecule has 2 N–H and O–H groups in total. The van der Waals surface area contributed by atoms with E-state index in [0.717, 1.165) is 22.4 Å². The third-order valence-electron chi connectivity index (χ3n) is 6.07. The summed E-state index contributed by atoms with van der Waals surface area (Å²) in [5, 5.41) is 20.8. The molecule has 5 rings (SSSR count). The second-order valence-electron chi connectivity index (χ2n) is 8.15. The molecule has 4 aromatic rings. The zero-order chi connectivity index (χ0) is 23.5. The molecule has 0 amide bonds. The van der Waals surface area contributed by atoms with Gasteiger partial charge in [0.1, 0.15) is 5.75 Å². The monoisotopic (exact) mass is 445 g/mol. The van der Waals surface area contributed by atoms with Crippen molar-refractivity contribution in [2.75, 3.05) is 4.90 Å². The number of phenols is 1.